The highest BCUT2D eigenvalue weighted by Crippen LogP contribution is 2.33. The zero-order valence-corrected chi connectivity index (χ0v) is 11.1. The van der Waals surface area contributed by atoms with Gasteiger partial charge in [-0.2, -0.15) is 0 Å². The number of carbonyl (C=O) groups is 1. The van der Waals surface area contributed by atoms with Crippen LogP contribution in [0.2, 0.25) is 0 Å². The Labute approximate surface area is 112 Å². The van der Waals surface area contributed by atoms with Gasteiger partial charge < -0.3 is 14.5 Å². The minimum atomic E-state index is -0.634. The van der Waals surface area contributed by atoms with Crippen molar-refractivity contribution in [3.63, 3.8) is 0 Å². The number of hydrogen-bond acceptors (Lipinski definition) is 6. The Hall–Kier alpha value is -1.73. The van der Waals surface area contributed by atoms with Crippen molar-refractivity contribution in [1.29, 1.82) is 0 Å². The molecule has 19 heavy (non-hydrogen) atoms. The third kappa shape index (κ3) is 2.04. The number of nitrogens with one attached hydrogen (secondary N) is 1. The molecule has 1 unspecified atom stereocenters. The molecule has 7 heteroatoms. The first-order valence-electron chi connectivity index (χ1n) is 5.97. The number of ether oxygens (including phenoxy) is 2. The maximum Gasteiger partial charge on any atom is 0.335 e. The number of carbonyl (C=O) groups excluding carboxylic acids is 1. The third-order valence-electron chi connectivity index (χ3n) is 3.03. The van der Waals surface area contributed by atoms with Crippen molar-refractivity contribution in [2.45, 2.75) is 26.1 Å². The standard InChI is InChI=1S/C12H12N2O4S/c1-2-17-12(16)7-3-6-8(4-18-7)19-11-9(6)10(15)13-5-14-11/h5,7H,2-4H2,1H3,(H,13,14,15). The Kier molecular flexibility index (Phi) is 3.08. The normalized spacial score (nSPS) is 18.3. The van der Waals surface area contributed by atoms with Gasteiger partial charge in [-0.05, 0) is 12.5 Å². The van der Waals surface area contributed by atoms with Crippen molar-refractivity contribution in [2.24, 2.45) is 0 Å². The number of aromatic nitrogens is 2. The molecule has 0 saturated heterocycles. The van der Waals surface area contributed by atoms with Crippen molar-refractivity contribution in [2.75, 3.05) is 6.61 Å². The van der Waals surface area contributed by atoms with Crippen LogP contribution in [-0.2, 0) is 27.3 Å². The number of aromatic amines is 1. The fraction of sp³-hybridized carbons (Fsp3) is 0.417. The van der Waals surface area contributed by atoms with Gasteiger partial charge in [0, 0.05) is 11.3 Å². The maximum absolute atomic E-state index is 11.9. The van der Waals surface area contributed by atoms with E-state index >= 15 is 0 Å². The quantitative estimate of drug-likeness (QED) is 0.830. The van der Waals surface area contributed by atoms with Crippen molar-refractivity contribution in [3.05, 3.63) is 27.1 Å². The predicted molar refractivity (Wildman–Crippen MR) is 69.2 cm³/mol. The number of H-pyrrole nitrogens is 1. The van der Waals surface area contributed by atoms with E-state index in [1.807, 2.05) is 0 Å². The summed E-state index contributed by atoms with van der Waals surface area (Å²) in [7, 11) is 0. The summed E-state index contributed by atoms with van der Waals surface area (Å²) in [6, 6.07) is 0. The molecule has 0 aliphatic carbocycles. The summed E-state index contributed by atoms with van der Waals surface area (Å²) in [5.74, 6) is -0.382. The van der Waals surface area contributed by atoms with Gasteiger partial charge in [0.25, 0.3) is 5.56 Å². The van der Waals surface area contributed by atoms with E-state index < -0.39 is 6.10 Å². The molecule has 1 atom stereocenters. The van der Waals surface area contributed by atoms with E-state index in [0.717, 1.165) is 10.4 Å². The molecule has 100 valence electrons. The Bertz CT molecular complexity index is 691. The first kappa shape index (κ1) is 12.3. The molecule has 3 rings (SSSR count). The zero-order valence-electron chi connectivity index (χ0n) is 10.3. The lowest BCUT2D eigenvalue weighted by molar-refractivity contribution is -0.158. The molecule has 1 N–H and O–H groups in total. The summed E-state index contributed by atoms with van der Waals surface area (Å²) in [5, 5.41) is 0.570. The van der Waals surface area contributed by atoms with Crippen molar-refractivity contribution < 1.29 is 14.3 Å². The predicted octanol–water partition coefficient (Wildman–Crippen LogP) is 0.989. The van der Waals surface area contributed by atoms with E-state index in [1.54, 1.807) is 6.92 Å². The molecule has 0 fully saturated rings. The molecule has 2 aromatic heterocycles. The summed E-state index contributed by atoms with van der Waals surface area (Å²) >= 11 is 1.43. The van der Waals surface area contributed by atoms with Crippen LogP contribution in [-0.4, -0.2) is 28.6 Å². The van der Waals surface area contributed by atoms with E-state index in [1.165, 1.54) is 17.7 Å². The van der Waals surface area contributed by atoms with Crippen molar-refractivity contribution in [1.82, 2.24) is 9.97 Å². The van der Waals surface area contributed by atoms with Crippen molar-refractivity contribution in [3.8, 4) is 0 Å². The van der Waals surface area contributed by atoms with Gasteiger partial charge in [0.1, 0.15) is 4.83 Å². The van der Waals surface area contributed by atoms with Gasteiger partial charge in [0.05, 0.1) is 24.9 Å². The molecule has 0 saturated carbocycles. The topological polar surface area (TPSA) is 81.3 Å². The number of fused-ring (bicyclic) bond motifs is 3. The van der Waals surface area contributed by atoms with Gasteiger partial charge in [-0.3, -0.25) is 4.79 Å². The lowest BCUT2D eigenvalue weighted by atomic mass is 10.0. The Morgan fingerprint density at radius 2 is 2.53 bits per heavy atom. The highest BCUT2D eigenvalue weighted by molar-refractivity contribution is 7.18. The van der Waals surface area contributed by atoms with Crippen LogP contribution in [0.4, 0.5) is 0 Å². The minimum absolute atomic E-state index is 0.174. The van der Waals surface area contributed by atoms with E-state index in [-0.39, 0.29) is 11.5 Å². The first-order valence-corrected chi connectivity index (χ1v) is 6.78. The minimum Gasteiger partial charge on any atom is -0.464 e. The van der Waals surface area contributed by atoms with Crippen LogP contribution in [0.1, 0.15) is 17.4 Å². The van der Waals surface area contributed by atoms with Gasteiger partial charge in [-0.25, -0.2) is 9.78 Å². The summed E-state index contributed by atoms with van der Waals surface area (Å²) in [4.78, 5) is 31.9. The molecular weight excluding hydrogens is 268 g/mol. The van der Waals surface area contributed by atoms with E-state index in [0.29, 0.717) is 29.9 Å². The SMILES string of the molecule is CCOC(=O)C1Cc2c(sc3nc[nH]c(=O)c23)CO1. The van der Waals surface area contributed by atoms with Gasteiger partial charge >= 0.3 is 5.97 Å². The third-order valence-corrected chi connectivity index (χ3v) is 4.14. The summed E-state index contributed by atoms with van der Waals surface area (Å²) in [6.45, 7) is 2.39. The molecule has 2 aromatic rings. The molecule has 0 spiro atoms. The number of thiophene rings is 1. The second-order valence-electron chi connectivity index (χ2n) is 4.17. The van der Waals surface area contributed by atoms with Gasteiger partial charge in [0.15, 0.2) is 6.10 Å². The highest BCUT2D eigenvalue weighted by Gasteiger charge is 2.30. The molecule has 3 heterocycles. The fourth-order valence-electron chi connectivity index (χ4n) is 2.18. The number of rotatable bonds is 2. The van der Waals surface area contributed by atoms with Crippen LogP contribution in [0, 0.1) is 0 Å². The first-order chi connectivity index (χ1) is 9.20. The second-order valence-corrected chi connectivity index (χ2v) is 5.26. The number of nitrogens with zero attached hydrogens (tertiary/aromatic N) is 1. The molecular formula is C12H12N2O4S. The fourth-order valence-corrected chi connectivity index (χ4v) is 3.28. The smallest absolute Gasteiger partial charge is 0.335 e. The average molecular weight is 280 g/mol. The van der Waals surface area contributed by atoms with Gasteiger partial charge in [0.2, 0.25) is 0 Å². The van der Waals surface area contributed by atoms with Gasteiger partial charge in [-0.1, -0.05) is 0 Å². The van der Waals surface area contributed by atoms with Crippen LogP contribution >= 0.6 is 11.3 Å². The zero-order chi connectivity index (χ0) is 13.4. The monoisotopic (exact) mass is 280 g/mol. The summed E-state index contributed by atoms with van der Waals surface area (Å²) in [6.07, 6.45) is 1.11. The second kappa shape index (κ2) is 4.75. The average Bonchev–Trinajstić information content (AvgIpc) is 2.77. The molecule has 1 aliphatic heterocycles. The van der Waals surface area contributed by atoms with Crippen LogP contribution in [0.15, 0.2) is 11.1 Å². The van der Waals surface area contributed by atoms with Crippen LogP contribution in [0.3, 0.4) is 0 Å². The Balaban J connectivity index is 2.02. The van der Waals surface area contributed by atoms with Crippen LogP contribution < -0.4 is 5.56 Å². The largest absolute Gasteiger partial charge is 0.464 e. The van der Waals surface area contributed by atoms with Crippen molar-refractivity contribution >= 4 is 27.5 Å². The summed E-state index contributed by atoms with van der Waals surface area (Å²) < 4.78 is 10.4. The van der Waals surface area contributed by atoms with Crippen LogP contribution in [0.5, 0.6) is 0 Å². The van der Waals surface area contributed by atoms with E-state index in [4.69, 9.17) is 9.47 Å². The molecule has 0 amide bonds. The highest BCUT2D eigenvalue weighted by atomic mass is 32.1. The van der Waals surface area contributed by atoms with Gasteiger partial charge in [-0.15, -0.1) is 11.3 Å². The molecule has 0 bridgehead atoms. The molecule has 1 aliphatic rings. The summed E-state index contributed by atoms with van der Waals surface area (Å²) in [5.41, 5.74) is 0.686. The molecule has 0 aromatic carbocycles. The van der Waals surface area contributed by atoms with E-state index in [9.17, 15) is 9.59 Å². The van der Waals surface area contributed by atoms with E-state index in [2.05, 4.69) is 9.97 Å². The number of esters is 1. The number of hydrogen-bond donors (Lipinski definition) is 1. The lowest BCUT2D eigenvalue weighted by Crippen LogP contribution is -2.32. The maximum atomic E-state index is 11.9. The molecule has 0 radical (unpaired) electrons. The molecule has 6 nitrogen and oxygen atoms in total. The Morgan fingerprint density at radius 1 is 1.68 bits per heavy atom. The Morgan fingerprint density at radius 3 is 3.32 bits per heavy atom. The van der Waals surface area contributed by atoms with Crippen LogP contribution in [0.25, 0.3) is 10.2 Å². The lowest BCUT2D eigenvalue weighted by Gasteiger charge is -2.21.